The van der Waals surface area contributed by atoms with Gasteiger partial charge < -0.3 is 35.2 Å². The Morgan fingerprint density at radius 3 is 2.49 bits per heavy atom. The van der Waals surface area contributed by atoms with Gasteiger partial charge in [-0.3, -0.25) is 4.79 Å². The molecule has 1 aromatic carbocycles. The summed E-state index contributed by atoms with van der Waals surface area (Å²) in [6.45, 7) is 0.912. The van der Waals surface area contributed by atoms with Crippen LogP contribution in [0.3, 0.4) is 0 Å². The van der Waals surface area contributed by atoms with Crippen LogP contribution in [0, 0.1) is 0 Å². The topological polar surface area (TPSA) is 148 Å². The van der Waals surface area contributed by atoms with E-state index in [0.717, 1.165) is 67.5 Å². The van der Waals surface area contributed by atoms with Crippen LogP contribution >= 0.6 is 11.3 Å². The fourth-order valence-electron chi connectivity index (χ4n) is 4.81. The van der Waals surface area contributed by atoms with Gasteiger partial charge in [0.2, 0.25) is 5.91 Å². The fourth-order valence-corrected chi connectivity index (χ4v) is 5.76. The van der Waals surface area contributed by atoms with E-state index in [4.69, 9.17) is 9.84 Å². The van der Waals surface area contributed by atoms with E-state index in [-0.39, 0.29) is 11.9 Å². The summed E-state index contributed by atoms with van der Waals surface area (Å²) < 4.78 is 5.04. The Morgan fingerprint density at radius 2 is 1.79 bits per heavy atom. The molecule has 3 rings (SSSR count). The smallest absolute Gasteiger partial charge is 0.348 e. The summed E-state index contributed by atoms with van der Waals surface area (Å²) >= 11 is 1.29. The fraction of sp³-hybridized carbons (Fsp3) is 0.586. The second kappa shape index (κ2) is 15.4. The number of unbranched alkanes of at least 4 members (excludes halogenated alkanes) is 2. The van der Waals surface area contributed by atoms with Crippen LogP contribution in [0.25, 0.3) is 0 Å². The molecule has 0 aliphatic carbocycles. The monoisotopic (exact) mass is 563 g/mol. The molecular formula is C29H41NO8S. The number of rotatable bonds is 16. The first-order valence-electron chi connectivity index (χ1n) is 13.8. The second-order valence-electron chi connectivity index (χ2n) is 10.1. The Kier molecular flexibility index (Phi) is 12.4. The van der Waals surface area contributed by atoms with Gasteiger partial charge in [-0.05, 0) is 61.9 Å². The molecule has 1 aromatic heterocycles. The van der Waals surface area contributed by atoms with Crippen LogP contribution in [0.1, 0.15) is 84.5 Å². The molecule has 0 radical (unpaired) electrons. The summed E-state index contributed by atoms with van der Waals surface area (Å²) in [4.78, 5) is 28.2. The van der Waals surface area contributed by atoms with Gasteiger partial charge in [0.05, 0.1) is 12.7 Å². The lowest BCUT2D eigenvalue weighted by molar-refractivity contribution is -0.117. The molecule has 1 aliphatic heterocycles. The van der Waals surface area contributed by atoms with E-state index < -0.39 is 43.6 Å². The van der Waals surface area contributed by atoms with Crippen LogP contribution in [0.15, 0.2) is 36.4 Å². The van der Waals surface area contributed by atoms with Gasteiger partial charge in [0.15, 0.2) is 0 Å². The molecule has 2 heterocycles. The molecule has 0 spiro atoms. The maximum Gasteiger partial charge on any atom is 0.348 e. The molecule has 0 unspecified atom stereocenters. The summed E-state index contributed by atoms with van der Waals surface area (Å²) in [5.41, 5.74) is 1.73. The molecule has 2 aromatic rings. The van der Waals surface area contributed by atoms with Gasteiger partial charge >= 0.3 is 5.97 Å². The van der Waals surface area contributed by atoms with E-state index in [1.54, 1.807) is 6.07 Å². The van der Waals surface area contributed by atoms with Gasteiger partial charge in [0.1, 0.15) is 29.8 Å². The highest BCUT2D eigenvalue weighted by atomic mass is 32.1. The molecule has 1 amide bonds. The molecule has 1 saturated heterocycles. The van der Waals surface area contributed by atoms with Crippen molar-refractivity contribution in [2.75, 3.05) is 18.1 Å². The van der Waals surface area contributed by atoms with Crippen molar-refractivity contribution in [2.45, 2.75) is 95.2 Å². The first-order valence-corrected chi connectivity index (χ1v) is 14.6. The lowest BCUT2D eigenvalue weighted by atomic mass is 10.0. The lowest BCUT2D eigenvalue weighted by Gasteiger charge is -2.25. The molecule has 1 fully saturated rings. The molecular weight excluding hydrogens is 522 g/mol. The number of aliphatic hydroxyl groups excluding tert-OH is 5. The molecule has 9 nitrogen and oxygen atoms in total. The number of anilines is 1. The van der Waals surface area contributed by atoms with Crippen molar-refractivity contribution < 1.29 is 39.9 Å². The highest BCUT2D eigenvalue weighted by molar-refractivity contribution is 7.13. The van der Waals surface area contributed by atoms with E-state index >= 15 is 0 Å². The molecule has 0 saturated carbocycles. The third kappa shape index (κ3) is 8.83. The standard InChI is InChI=1S/C29H41NO8S/c1-2-3-4-8-23(32)19-9-11-21(12-10-19)30-20(13-16-27(30)35)6-5-7-22-14-15-26(39-22)29(37)38-18-25(34)28(36)24(33)17-31/h9-12,14-15,20,23-25,28,31-34,36H,2-8,13,16-18H2,1H3/t20-,23-,24+,25-,28-/m0/s1. The van der Waals surface area contributed by atoms with Crippen LogP contribution in [0.4, 0.5) is 5.69 Å². The van der Waals surface area contributed by atoms with Crippen molar-refractivity contribution in [3.63, 3.8) is 0 Å². The first kappa shape index (κ1) is 31.2. The number of carbonyl (C=O) groups is 2. The summed E-state index contributed by atoms with van der Waals surface area (Å²) in [5, 5.41) is 48.1. The van der Waals surface area contributed by atoms with Crippen LogP contribution in [-0.2, 0) is 16.0 Å². The van der Waals surface area contributed by atoms with E-state index in [1.165, 1.54) is 11.3 Å². The average Bonchev–Trinajstić information content (AvgIpc) is 3.57. The number of hydrogen-bond donors (Lipinski definition) is 5. The van der Waals surface area contributed by atoms with Gasteiger partial charge in [0.25, 0.3) is 0 Å². The predicted molar refractivity (Wildman–Crippen MR) is 149 cm³/mol. The molecule has 39 heavy (non-hydrogen) atoms. The predicted octanol–water partition coefficient (Wildman–Crippen LogP) is 3.11. The van der Waals surface area contributed by atoms with Gasteiger partial charge in [-0.15, -0.1) is 11.3 Å². The summed E-state index contributed by atoms with van der Waals surface area (Å²) in [6.07, 6.45) is 2.49. The number of amides is 1. The first-order chi connectivity index (χ1) is 18.7. The Morgan fingerprint density at radius 1 is 1.05 bits per heavy atom. The highest BCUT2D eigenvalue weighted by Gasteiger charge is 2.32. The third-order valence-corrected chi connectivity index (χ3v) is 8.27. The molecule has 5 atom stereocenters. The van der Waals surface area contributed by atoms with Crippen molar-refractivity contribution in [3.8, 4) is 0 Å². The number of thiophene rings is 1. The number of hydrogen-bond acceptors (Lipinski definition) is 9. The highest BCUT2D eigenvalue weighted by Crippen LogP contribution is 2.31. The molecule has 216 valence electrons. The zero-order valence-electron chi connectivity index (χ0n) is 22.4. The van der Waals surface area contributed by atoms with Crippen LogP contribution in [0.5, 0.6) is 0 Å². The van der Waals surface area contributed by atoms with Crippen LogP contribution < -0.4 is 4.90 Å². The number of carbonyl (C=O) groups excluding carboxylic acids is 2. The minimum absolute atomic E-state index is 0.101. The minimum Gasteiger partial charge on any atom is -0.459 e. The molecule has 0 bridgehead atoms. The zero-order valence-corrected chi connectivity index (χ0v) is 23.3. The number of nitrogens with zero attached hydrogens (tertiary/aromatic N) is 1. The molecule has 5 N–H and O–H groups in total. The number of esters is 1. The summed E-state index contributed by atoms with van der Waals surface area (Å²) in [5.74, 6) is -0.529. The van der Waals surface area contributed by atoms with Gasteiger partial charge in [-0.1, -0.05) is 38.3 Å². The van der Waals surface area contributed by atoms with Crippen molar-refractivity contribution in [1.82, 2.24) is 0 Å². The Labute approximate surface area is 233 Å². The van der Waals surface area contributed by atoms with Crippen molar-refractivity contribution in [2.24, 2.45) is 0 Å². The van der Waals surface area contributed by atoms with E-state index in [1.807, 2.05) is 35.2 Å². The Hall–Kier alpha value is -2.34. The quantitative estimate of drug-likeness (QED) is 0.155. The van der Waals surface area contributed by atoms with Gasteiger partial charge in [-0.25, -0.2) is 4.79 Å². The van der Waals surface area contributed by atoms with Gasteiger partial charge in [0, 0.05) is 23.0 Å². The zero-order chi connectivity index (χ0) is 28.4. The largest absolute Gasteiger partial charge is 0.459 e. The maximum absolute atomic E-state index is 12.7. The van der Waals surface area contributed by atoms with Crippen molar-refractivity contribution >= 4 is 28.9 Å². The average molecular weight is 564 g/mol. The van der Waals surface area contributed by atoms with Crippen LogP contribution in [-0.4, -0.2) is 75.0 Å². The second-order valence-corrected chi connectivity index (χ2v) is 11.3. The number of ether oxygens (including phenoxy) is 1. The molecule has 1 aliphatic rings. The number of aryl methyl sites for hydroxylation is 1. The van der Waals surface area contributed by atoms with Crippen LogP contribution in [0.2, 0.25) is 0 Å². The maximum atomic E-state index is 12.7. The summed E-state index contributed by atoms with van der Waals surface area (Å²) in [6, 6.07) is 11.3. The van der Waals surface area contributed by atoms with E-state index in [0.29, 0.717) is 11.3 Å². The SMILES string of the molecule is CCCCC[C@H](O)c1ccc(N2C(=O)CC[C@@H]2CCCc2ccc(C(=O)OC[C@H](O)[C@@H](O)[C@H](O)CO)s2)cc1. The van der Waals surface area contributed by atoms with Gasteiger partial charge in [-0.2, -0.15) is 0 Å². The Balaban J connectivity index is 1.48. The lowest BCUT2D eigenvalue weighted by Crippen LogP contribution is -2.42. The Bertz CT molecular complexity index is 1040. The summed E-state index contributed by atoms with van der Waals surface area (Å²) in [7, 11) is 0. The number of benzene rings is 1. The number of aliphatic hydroxyl groups is 5. The third-order valence-electron chi connectivity index (χ3n) is 7.15. The molecule has 10 heteroatoms. The van der Waals surface area contributed by atoms with Crippen molar-refractivity contribution in [1.29, 1.82) is 0 Å². The van der Waals surface area contributed by atoms with Crippen molar-refractivity contribution in [3.05, 3.63) is 51.7 Å². The normalized spacial score (nSPS) is 18.7. The van der Waals surface area contributed by atoms with E-state index in [9.17, 15) is 30.0 Å². The van der Waals surface area contributed by atoms with E-state index in [2.05, 4.69) is 6.92 Å². The minimum atomic E-state index is -1.62.